The molecule has 2 unspecified atom stereocenters. The molecule has 2 aromatic carbocycles. The molecule has 1 heterocycles. The molecule has 1 aliphatic heterocycles. The van der Waals surface area contributed by atoms with E-state index in [1.807, 2.05) is 70.2 Å². The summed E-state index contributed by atoms with van der Waals surface area (Å²) in [6.07, 6.45) is 0.467. The molecule has 0 aliphatic carbocycles. The molecule has 3 rings (SSSR count). The smallest absolute Gasteiger partial charge is 0.414 e. The van der Waals surface area contributed by atoms with Gasteiger partial charge in [0.05, 0.1) is 11.7 Å². The van der Waals surface area contributed by atoms with Crippen molar-refractivity contribution in [1.82, 2.24) is 4.72 Å². The van der Waals surface area contributed by atoms with Gasteiger partial charge in [0.2, 0.25) is 0 Å². The fourth-order valence-electron chi connectivity index (χ4n) is 3.08. The Morgan fingerprint density at radius 2 is 1.96 bits per heavy atom. The molecular formula is C22H28N2O3S. The van der Waals surface area contributed by atoms with Gasteiger partial charge in [-0.25, -0.2) is 4.79 Å². The summed E-state index contributed by atoms with van der Waals surface area (Å²) in [5, 5.41) is 0. The summed E-state index contributed by atoms with van der Waals surface area (Å²) < 4.78 is 20.7. The summed E-state index contributed by atoms with van der Waals surface area (Å²) in [5.41, 5.74) is 4.04. The first-order chi connectivity index (χ1) is 13.3. The van der Waals surface area contributed by atoms with E-state index in [9.17, 15) is 9.35 Å². The van der Waals surface area contributed by atoms with E-state index in [0.29, 0.717) is 6.54 Å². The predicted octanol–water partition coefficient (Wildman–Crippen LogP) is 4.50. The van der Waals surface area contributed by atoms with Gasteiger partial charge in [0, 0.05) is 17.9 Å². The fourth-order valence-corrected chi connectivity index (χ4v) is 3.89. The van der Waals surface area contributed by atoms with Crippen LogP contribution in [0.25, 0.3) is 0 Å². The van der Waals surface area contributed by atoms with E-state index in [4.69, 9.17) is 4.74 Å². The number of hydrogen-bond acceptors (Lipinski definition) is 4. The first kappa shape index (κ1) is 20.7. The van der Waals surface area contributed by atoms with Crippen LogP contribution >= 0.6 is 0 Å². The Kier molecular flexibility index (Phi) is 6.33. The lowest BCUT2D eigenvalue weighted by atomic mass is 10.0. The first-order valence-electron chi connectivity index (χ1n) is 9.55. The molecule has 150 valence electrons. The minimum atomic E-state index is -1.14. The monoisotopic (exact) mass is 400 g/mol. The topological polar surface area (TPSA) is 64.6 Å². The number of ether oxygens (including phenoxy) is 1. The second-order valence-corrected chi connectivity index (χ2v) is 10.0. The third-order valence-corrected chi connectivity index (χ3v) is 6.44. The van der Waals surface area contributed by atoms with E-state index in [1.165, 1.54) is 0 Å². The van der Waals surface area contributed by atoms with Gasteiger partial charge in [0.15, 0.2) is 0 Å². The normalized spacial score (nSPS) is 15.8. The summed E-state index contributed by atoms with van der Waals surface area (Å²) in [6, 6.07) is 15.7. The molecule has 5 nitrogen and oxygen atoms in total. The maximum Gasteiger partial charge on any atom is 0.414 e. The van der Waals surface area contributed by atoms with Crippen molar-refractivity contribution < 1.29 is 14.1 Å². The number of nitrogens with one attached hydrogen (secondary N) is 1. The maximum absolute atomic E-state index is 12.5. The van der Waals surface area contributed by atoms with Gasteiger partial charge in [-0.05, 0) is 56.9 Å². The van der Waals surface area contributed by atoms with Crippen LogP contribution in [0.15, 0.2) is 48.5 Å². The highest BCUT2D eigenvalue weighted by Crippen LogP contribution is 2.31. The van der Waals surface area contributed by atoms with Crippen LogP contribution in [0.2, 0.25) is 0 Å². The van der Waals surface area contributed by atoms with Crippen LogP contribution < -0.4 is 9.62 Å². The van der Waals surface area contributed by atoms with E-state index in [1.54, 1.807) is 4.90 Å². The number of carbonyl (C=O) groups excluding carboxylic acids is 1. The molecule has 0 fully saturated rings. The van der Waals surface area contributed by atoms with Crippen molar-refractivity contribution in [2.45, 2.75) is 51.5 Å². The Labute approximate surface area is 170 Å². The average Bonchev–Trinajstić information content (AvgIpc) is 3.09. The molecule has 2 atom stereocenters. The van der Waals surface area contributed by atoms with Crippen molar-refractivity contribution in [3.63, 3.8) is 0 Å². The zero-order chi connectivity index (χ0) is 20.3. The zero-order valence-electron chi connectivity index (χ0n) is 16.9. The van der Waals surface area contributed by atoms with Gasteiger partial charge in [0.1, 0.15) is 11.4 Å². The SMILES string of the molecule is CC(N[S+]([O-])C(C)(C)C)c1ccc2c(c1)CCN2C(=O)OCc1ccccc1. The van der Waals surface area contributed by atoms with Gasteiger partial charge in [-0.15, -0.1) is 4.72 Å². The molecule has 1 N–H and O–H groups in total. The highest BCUT2D eigenvalue weighted by Gasteiger charge is 2.30. The van der Waals surface area contributed by atoms with Crippen molar-refractivity contribution in [1.29, 1.82) is 0 Å². The Hall–Kier alpha value is -2.02. The molecule has 0 bridgehead atoms. The van der Waals surface area contributed by atoms with Crippen molar-refractivity contribution >= 4 is 23.1 Å². The molecule has 6 heteroatoms. The minimum Gasteiger partial charge on any atom is -0.598 e. The van der Waals surface area contributed by atoms with Gasteiger partial charge >= 0.3 is 6.09 Å². The predicted molar refractivity (Wildman–Crippen MR) is 114 cm³/mol. The first-order valence-corrected chi connectivity index (χ1v) is 10.7. The van der Waals surface area contributed by atoms with Gasteiger partial charge in [-0.1, -0.05) is 42.5 Å². The van der Waals surface area contributed by atoms with Gasteiger partial charge in [0.25, 0.3) is 0 Å². The molecule has 0 aromatic heterocycles. The van der Waals surface area contributed by atoms with Crippen LogP contribution in [0, 0.1) is 0 Å². The van der Waals surface area contributed by atoms with Crippen LogP contribution in [0.5, 0.6) is 0 Å². The van der Waals surface area contributed by atoms with E-state index >= 15 is 0 Å². The Balaban J connectivity index is 1.64. The molecule has 1 amide bonds. The zero-order valence-corrected chi connectivity index (χ0v) is 17.7. The van der Waals surface area contributed by atoms with E-state index in [-0.39, 0.29) is 23.5 Å². The summed E-state index contributed by atoms with van der Waals surface area (Å²) in [7, 11) is 0. The van der Waals surface area contributed by atoms with Crippen LogP contribution in [0.3, 0.4) is 0 Å². The number of benzene rings is 2. The van der Waals surface area contributed by atoms with E-state index in [2.05, 4.69) is 10.8 Å². The average molecular weight is 401 g/mol. The van der Waals surface area contributed by atoms with E-state index in [0.717, 1.165) is 28.8 Å². The fraction of sp³-hybridized carbons (Fsp3) is 0.409. The van der Waals surface area contributed by atoms with Crippen molar-refractivity contribution in [3.8, 4) is 0 Å². The number of fused-ring (bicyclic) bond motifs is 1. The second-order valence-electron chi connectivity index (χ2n) is 8.05. The Bertz CT molecular complexity index is 820. The second kappa shape index (κ2) is 8.55. The van der Waals surface area contributed by atoms with Gasteiger partial charge in [-0.2, -0.15) is 0 Å². The molecule has 28 heavy (non-hydrogen) atoms. The van der Waals surface area contributed by atoms with Crippen LogP contribution in [-0.2, 0) is 29.1 Å². The Morgan fingerprint density at radius 3 is 2.64 bits per heavy atom. The highest BCUT2D eigenvalue weighted by atomic mass is 32.2. The summed E-state index contributed by atoms with van der Waals surface area (Å²) >= 11 is -1.14. The van der Waals surface area contributed by atoms with Crippen LogP contribution in [0.4, 0.5) is 10.5 Å². The van der Waals surface area contributed by atoms with Gasteiger partial charge < -0.3 is 9.29 Å². The van der Waals surface area contributed by atoms with Crippen LogP contribution in [-0.4, -0.2) is 21.9 Å². The number of hydrogen-bond donors (Lipinski definition) is 1. The number of carbonyl (C=O) groups is 1. The summed E-state index contributed by atoms with van der Waals surface area (Å²) in [5.74, 6) is 0. The van der Waals surface area contributed by atoms with Crippen molar-refractivity contribution in [3.05, 3.63) is 65.2 Å². The largest absolute Gasteiger partial charge is 0.598 e. The highest BCUT2D eigenvalue weighted by molar-refractivity contribution is 7.90. The molecular weight excluding hydrogens is 372 g/mol. The lowest BCUT2D eigenvalue weighted by molar-refractivity contribution is 0.147. The Morgan fingerprint density at radius 1 is 1.25 bits per heavy atom. The molecule has 2 aromatic rings. The molecule has 0 saturated carbocycles. The third kappa shape index (κ3) is 4.87. The standard InChI is InChI=1S/C22H28N2O3S/c1-16(23-28(26)22(2,3)4)18-10-11-20-19(14-18)12-13-24(20)21(25)27-15-17-8-6-5-7-9-17/h5-11,14,16,23H,12-13,15H2,1-4H3. The molecule has 0 spiro atoms. The van der Waals surface area contributed by atoms with Crippen LogP contribution in [0.1, 0.15) is 50.4 Å². The summed E-state index contributed by atoms with van der Waals surface area (Å²) in [6.45, 7) is 8.73. The van der Waals surface area contributed by atoms with Crippen molar-refractivity contribution in [2.24, 2.45) is 0 Å². The minimum absolute atomic E-state index is 0.0376. The lowest BCUT2D eigenvalue weighted by Crippen LogP contribution is -2.40. The number of rotatable bonds is 5. The quantitative estimate of drug-likeness (QED) is 0.751. The van der Waals surface area contributed by atoms with Crippen molar-refractivity contribution in [2.75, 3.05) is 11.4 Å². The van der Waals surface area contributed by atoms with Gasteiger partial charge in [-0.3, -0.25) is 4.90 Å². The summed E-state index contributed by atoms with van der Waals surface area (Å²) in [4.78, 5) is 14.2. The number of anilines is 1. The molecule has 0 radical (unpaired) electrons. The molecule has 0 saturated heterocycles. The van der Waals surface area contributed by atoms with E-state index < -0.39 is 11.4 Å². The lowest BCUT2D eigenvalue weighted by Gasteiger charge is -2.26. The maximum atomic E-state index is 12.5. The molecule has 1 aliphatic rings. The third-order valence-electron chi connectivity index (χ3n) is 4.76. The number of nitrogens with zero attached hydrogens (tertiary/aromatic N) is 1. The number of amides is 1.